The van der Waals surface area contributed by atoms with Crippen LogP contribution in [0, 0.1) is 11.8 Å². The Morgan fingerprint density at radius 3 is 2.21 bits per heavy atom. The maximum atomic E-state index is 3.37. The third kappa shape index (κ3) is 4.63. The number of hydrogen-bond donors (Lipinski definition) is 1. The quantitative estimate of drug-likeness (QED) is 0.874. The Labute approximate surface area is 118 Å². The Bertz CT molecular complexity index is 361. The van der Waals surface area contributed by atoms with Crippen molar-refractivity contribution in [2.75, 3.05) is 19.6 Å². The van der Waals surface area contributed by atoms with Crippen LogP contribution in [-0.4, -0.2) is 24.5 Å². The van der Waals surface area contributed by atoms with Crippen molar-refractivity contribution in [3.8, 4) is 0 Å². The van der Waals surface area contributed by atoms with Crippen LogP contribution in [0.5, 0.6) is 0 Å². The Kier molecular flexibility index (Phi) is 5.41. The number of piperidine rings is 1. The number of benzene rings is 1. The first-order chi connectivity index (χ1) is 9.17. The second kappa shape index (κ2) is 7.06. The lowest BCUT2D eigenvalue weighted by atomic mass is 9.91. The van der Waals surface area contributed by atoms with Gasteiger partial charge in [-0.05, 0) is 35.9 Å². The minimum Gasteiger partial charge on any atom is -0.313 e. The number of nitrogens with one attached hydrogen (secondary N) is 1. The SMILES string of the molecule is CCNCc1ccc(CN2CC(C)CC(C)C2)cc1. The zero-order valence-electron chi connectivity index (χ0n) is 12.7. The van der Waals surface area contributed by atoms with Gasteiger partial charge < -0.3 is 5.32 Å². The predicted molar refractivity (Wildman–Crippen MR) is 82.0 cm³/mol. The predicted octanol–water partition coefficient (Wildman–Crippen LogP) is 3.27. The van der Waals surface area contributed by atoms with E-state index in [0.717, 1.165) is 31.5 Å². The van der Waals surface area contributed by atoms with Crippen molar-refractivity contribution in [3.05, 3.63) is 35.4 Å². The zero-order valence-corrected chi connectivity index (χ0v) is 12.7. The molecule has 0 aromatic heterocycles. The van der Waals surface area contributed by atoms with E-state index in [4.69, 9.17) is 0 Å². The molecule has 1 aromatic carbocycles. The van der Waals surface area contributed by atoms with E-state index >= 15 is 0 Å². The maximum absolute atomic E-state index is 3.37. The highest BCUT2D eigenvalue weighted by molar-refractivity contribution is 5.22. The summed E-state index contributed by atoms with van der Waals surface area (Å²) in [7, 11) is 0. The van der Waals surface area contributed by atoms with Gasteiger partial charge in [0.1, 0.15) is 0 Å². The van der Waals surface area contributed by atoms with Gasteiger partial charge in [0.15, 0.2) is 0 Å². The molecule has 1 aromatic rings. The van der Waals surface area contributed by atoms with E-state index in [2.05, 4.69) is 55.3 Å². The molecule has 0 aliphatic carbocycles. The first kappa shape index (κ1) is 14.5. The van der Waals surface area contributed by atoms with Gasteiger partial charge in [-0.1, -0.05) is 45.0 Å². The zero-order chi connectivity index (χ0) is 13.7. The third-order valence-electron chi connectivity index (χ3n) is 3.95. The largest absolute Gasteiger partial charge is 0.313 e. The Hall–Kier alpha value is -0.860. The second-order valence-electron chi connectivity index (χ2n) is 6.24. The molecule has 19 heavy (non-hydrogen) atoms. The standard InChI is InChI=1S/C17H28N2/c1-4-18-10-16-5-7-17(8-6-16)13-19-11-14(2)9-15(3)12-19/h5-8,14-15,18H,4,9-13H2,1-3H3. The van der Waals surface area contributed by atoms with Crippen LogP contribution >= 0.6 is 0 Å². The van der Waals surface area contributed by atoms with Gasteiger partial charge in [-0.3, -0.25) is 4.90 Å². The molecule has 0 bridgehead atoms. The number of rotatable bonds is 5. The number of likely N-dealkylation sites (tertiary alicyclic amines) is 1. The van der Waals surface area contributed by atoms with Crippen LogP contribution in [-0.2, 0) is 13.1 Å². The number of hydrogen-bond acceptors (Lipinski definition) is 2. The molecule has 2 heteroatoms. The van der Waals surface area contributed by atoms with Gasteiger partial charge in [0.05, 0.1) is 0 Å². The Balaban J connectivity index is 1.88. The molecule has 2 atom stereocenters. The van der Waals surface area contributed by atoms with Crippen LogP contribution in [0.4, 0.5) is 0 Å². The molecule has 106 valence electrons. The minimum absolute atomic E-state index is 0.844. The summed E-state index contributed by atoms with van der Waals surface area (Å²) in [6, 6.07) is 9.09. The van der Waals surface area contributed by atoms with E-state index in [1.54, 1.807) is 0 Å². The van der Waals surface area contributed by atoms with E-state index in [1.165, 1.54) is 30.6 Å². The summed E-state index contributed by atoms with van der Waals surface area (Å²) in [5.41, 5.74) is 2.83. The normalized spacial score (nSPS) is 24.6. The van der Waals surface area contributed by atoms with Crippen LogP contribution in [0.1, 0.15) is 38.3 Å². The van der Waals surface area contributed by atoms with Gasteiger partial charge in [-0.15, -0.1) is 0 Å². The molecule has 1 fully saturated rings. The molecule has 1 N–H and O–H groups in total. The summed E-state index contributed by atoms with van der Waals surface area (Å²) < 4.78 is 0. The monoisotopic (exact) mass is 260 g/mol. The van der Waals surface area contributed by atoms with Gasteiger partial charge >= 0.3 is 0 Å². The van der Waals surface area contributed by atoms with Gasteiger partial charge in [0, 0.05) is 26.2 Å². The topological polar surface area (TPSA) is 15.3 Å². The fraction of sp³-hybridized carbons (Fsp3) is 0.647. The van der Waals surface area contributed by atoms with Crippen LogP contribution in [0.15, 0.2) is 24.3 Å². The molecule has 0 spiro atoms. The van der Waals surface area contributed by atoms with Crippen LogP contribution in [0.3, 0.4) is 0 Å². The Morgan fingerprint density at radius 2 is 1.63 bits per heavy atom. The fourth-order valence-electron chi connectivity index (χ4n) is 3.21. The van der Waals surface area contributed by atoms with E-state index < -0.39 is 0 Å². The van der Waals surface area contributed by atoms with E-state index in [-0.39, 0.29) is 0 Å². The average Bonchev–Trinajstić information content (AvgIpc) is 2.37. The molecule has 2 nitrogen and oxygen atoms in total. The molecular weight excluding hydrogens is 232 g/mol. The van der Waals surface area contributed by atoms with Crippen molar-refractivity contribution in [2.45, 2.75) is 40.3 Å². The lowest BCUT2D eigenvalue weighted by Crippen LogP contribution is -2.38. The van der Waals surface area contributed by atoms with E-state index in [1.807, 2.05) is 0 Å². The molecule has 0 saturated carbocycles. The lowest BCUT2D eigenvalue weighted by Gasteiger charge is -2.35. The lowest BCUT2D eigenvalue weighted by molar-refractivity contribution is 0.134. The summed E-state index contributed by atoms with van der Waals surface area (Å²) in [6.07, 6.45) is 1.39. The molecule has 0 radical (unpaired) electrons. The molecule has 1 aliphatic rings. The highest BCUT2D eigenvalue weighted by atomic mass is 15.1. The highest BCUT2D eigenvalue weighted by Crippen LogP contribution is 2.22. The number of nitrogens with zero attached hydrogens (tertiary/aromatic N) is 1. The van der Waals surface area contributed by atoms with Gasteiger partial charge in [0.2, 0.25) is 0 Å². The fourth-order valence-corrected chi connectivity index (χ4v) is 3.21. The van der Waals surface area contributed by atoms with Crippen molar-refractivity contribution < 1.29 is 0 Å². The smallest absolute Gasteiger partial charge is 0.0233 e. The molecule has 2 unspecified atom stereocenters. The molecule has 1 saturated heterocycles. The average molecular weight is 260 g/mol. The maximum Gasteiger partial charge on any atom is 0.0233 e. The van der Waals surface area contributed by atoms with Crippen molar-refractivity contribution >= 4 is 0 Å². The van der Waals surface area contributed by atoms with Crippen molar-refractivity contribution in [1.82, 2.24) is 10.2 Å². The van der Waals surface area contributed by atoms with Crippen molar-refractivity contribution in [3.63, 3.8) is 0 Å². The molecule has 1 aliphatic heterocycles. The van der Waals surface area contributed by atoms with Crippen LogP contribution < -0.4 is 5.32 Å². The van der Waals surface area contributed by atoms with E-state index in [0.29, 0.717) is 0 Å². The summed E-state index contributed by atoms with van der Waals surface area (Å²) in [6.45, 7) is 12.5. The summed E-state index contributed by atoms with van der Waals surface area (Å²) in [4.78, 5) is 2.61. The third-order valence-corrected chi connectivity index (χ3v) is 3.95. The summed E-state index contributed by atoms with van der Waals surface area (Å²) in [5, 5.41) is 3.37. The van der Waals surface area contributed by atoms with Crippen LogP contribution in [0.25, 0.3) is 0 Å². The second-order valence-corrected chi connectivity index (χ2v) is 6.24. The molecule has 1 heterocycles. The molecular formula is C17H28N2. The molecule has 0 amide bonds. The van der Waals surface area contributed by atoms with E-state index in [9.17, 15) is 0 Å². The van der Waals surface area contributed by atoms with Gasteiger partial charge in [0.25, 0.3) is 0 Å². The van der Waals surface area contributed by atoms with Gasteiger partial charge in [-0.25, -0.2) is 0 Å². The first-order valence-corrected chi connectivity index (χ1v) is 7.68. The van der Waals surface area contributed by atoms with Crippen molar-refractivity contribution in [1.29, 1.82) is 0 Å². The van der Waals surface area contributed by atoms with Gasteiger partial charge in [-0.2, -0.15) is 0 Å². The Morgan fingerprint density at radius 1 is 1.05 bits per heavy atom. The first-order valence-electron chi connectivity index (χ1n) is 7.68. The van der Waals surface area contributed by atoms with Crippen molar-refractivity contribution in [2.24, 2.45) is 11.8 Å². The minimum atomic E-state index is 0.844. The molecule has 2 rings (SSSR count). The summed E-state index contributed by atoms with van der Waals surface area (Å²) in [5.74, 6) is 1.69. The summed E-state index contributed by atoms with van der Waals surface area (Å²) >= 11 is 0. The van der Waals surface area contributed by atoms with Crippen LogP contribution in [0.2, 0.25) is 0 Å². The highest BCUT2D eigenvalue weighted by Gasteiger charge is 2.21.